The van der Waals surface area contributed by atoms with E-state index in [1.807, 2.05) is 30.5 Å². The van der Waals surface area contributed by atoms with E-state index in [1.54, 1.807) is 24.3 Å². The molecule has 0 unspecified atom stereocenters. The summed E-state index contributed by atoms with van der Waals surface area (Å²) in [7, 11) is -0.597. The zero-order valence-electron chi connectivity index (χ0n) is 18.8. The molecular weight excluding hydrogens is 430 g/mol. The van der Waals surface area contributed by atoms with Crippen LogP contribution in [0, 0.1) is 0 Å². The Kier molecular flexibility index (Phi) is 5.72. The summed E-state index contributed by atoms with van der Waals surface area (Å²) in [6.07, 6.45) is -0.00382. The molecule has 1 aliphatic rings. The van der Waals surface area contributed by atoms with Gasteiger partial charge in [-0.15, -0.1) is 0 Å². The second-order valence-corrected chi connectivity index (χ2v) is 10.3. The minimum Gasteiger partial charge on any atom is -0.489 e. The maximum Gasteiger partial charge on any atom is 0.342 e. The molecule has 1 aromatic heterocycles. The number of aryl methyl sites for hydroxylation is 1. The van der Waals surface area contributed by atoms with Crippen molar-refractivity contribution in [3.63, 3.8) is 0 Å². The molecule has 0 radical (unpaired) electrons. The van der Waals surface area contributed by atoms with Gasteiger partial charge >= 0.3 is 5.97 Å². The molecule has 0 bridgehead atoms. The van der Waals surface area contributed by atoms with Gasteiger partial charge in [-0.3, -0.25) is 0 Å². The highest BCUT2D eigenvalue weighted by Gasteiger charge is 2.31. The second kappa shape index (κ2) is 8.22. The number of carbonyl (C=O) groups excluding carboxylic acids is 1. The third-order valence-corrected chi connectivity index (χ3v) is 7.80. The Hall–Kier alpha value is -2.91. The molecule has 170 valence electrons. The van der Waals surface area contributed by atoms with E-state index in [2.05, 4.69) is 11.9 Å². The minimum atomic E-state index is -3.57. The number of hydrogen-bond acceptors (Lipinski definition) is 6. The summed E-state index contributed by atoms with van der Waals surface area (Å²) >= 11 is 0. The lowest BCUT2D eigenvalue weighted by molar-refractivity contribution is 0.0453. The first-order valence-electron chi connectivity index (χ1n) is 10.5. The summed E-state index contributed by atoms with van der Waals surface area (Å²) < 4.78 is 39.5. The number of imidazole rings is 1. The van der Waals surface area contributed by atoms with Crippen LogP contribution in [0.1, 0.15) is 48.4 Å². The molecule has 4 rings (SSSR count). The van der Waals surface area contributed by atoms with Gasteiger partial charge < -0.3 is 14.0 Å². The van der Waals surface area contributed by atoms with Gasteiger partial charge in [0.05, 0.1) is 15.9 Å². The Labute approximate surface area is 187 Å². The van der Waals surface area contributed by atoms with E-state index in [1.165, 1.54) is 14.1 Å². The van der Waals surface area contributed by atoms with Crippen molar-refractivity contribution in [2.45, 2.75) is 50.8 Å². The fourth-order valence-electron chi connectivity index (χ4n) is 3.95. The van der Waals surface area contributed by atoms with E-state index < -0.39 is 16.0 Å². The van der Waals surface area contributed by atoms with Gasteiger partial charge in [-0.05, 0) is 38.1 Å². The van der Waals surface area contributed by atoms with Crippen LogP contribution in [-0.4, -0.2) is 48.4 Å². The number of fused-ring (bicyclic) bond motifs is 2. The molecule has 1 aliphatic heterocycles. The number of aromatic nitrogens is 2. The third kappa shape index (κ3) is 3.65. The maximum atomic E-state index is 12.8. The molecule has 0 amide bonds. The zero-order valence-corrected chi connectivity index (χ0v) is 19.6. The Morgan fingerprint density at radius 1 is 1.22 bits per heavy atom. The van der Waals surface area contributed by atoms with Gasteiger partial charge in [0.15, 0.2) is 0 Å². The van der Waals surface area contributed by atoms with Crippen LogP contribution in [0.4, 0.5) is 0 Å². The average molecular weight is 458 g/mol. The summed E-state index contributed by atoms with van der Waals surface area (Å²) in [5, 5.41) is 0. The number of ether oxygens (including phenoxy) is 2. The van der Waals surface area contributed by atoms with E-state index in [-0.39, 0.29) is 23.5 Å². The van der Waals surface area contributed by atoms with Gasteiger partial charge in [-0.2, -0.15) is 0 Å². The summed E-state index contributed by atoms with van der Waals surface area (Å²) in [6, 6.07) is 10.3. The molecular formula is C23H27N3O5S. The fourth-order valence-corrected chi connectivity index (χ4v) is 4.87. The quantitative estimate of drug-likeness (QED) is 0.526. The van der Waals surface area contributed by atoms with Crippen LogP contribution in [0.3, 0.4) is 0 Å². The number of sulfonamides is 1. The molecule has 3 aromatic rings. The molecule has 2 atom stereocenters. The summed E-state index contributed by atoms with van der Waals surface area (Å²) in [4.78, 5) is 17.6. The Bertz CT molecular complexity index is 1300. The number of nitrogens with zero attached hydrogens (tertiary/aromatic N) is 3. The Balaban J connectivity index is 1.61. The number of esters is 1. The topological polar surface area (TPSA) is 90.7 Å². The number of hydrogen-bond donors (Lipinski definition) is 0. The van der Waals surface area contributed by atoms with Crippen LogP contribution in [0.5, 0.6) is 5.75 Å². The lowest BCUT2D eigenvalue weighted by atomic mass is 9.97. The first-order valence-corrected chi connectivity index (χ1v) is 12.0. The van der Waals surface area contributed by atoms with Crippen LogP contribution >= 0.6 is 0 Å². The SMILES string of the molecule is CCn1c(COC(=O)c2cccc3c2O[C@H](C)[C@@H]3C)nc2cc(S(=O)(=O)N(C)C)ccc21. The Morgan fingerprint density at radius 2 is 1.97 bits per heavy atom. The van der Waals surface area contributed by atoms with Gasteiger partial charge in [-0.25, -0.2) is 22.5 Å². The van der Waals surface area contributed by atoms with Crippen molar-refractivity contribution < 1.29 is 22.7 Å². The second-order valence-electron chi connectivity index (χ2n) is 8.12. The van der Waals surface area contributed by atoms with E-state index in [4.69, 9.17) is 9.47 Å². The van der Waals surface area contributed by atoms with Crippen molar-refractivity contribution >= 4 is 27.0 Å². The van der Waals surface area contributed by atoms with Gasteiger partial charge in [0.2, 0.25) is 10.0 Å². The molecule has 0 saturated carbocycles. The third-order valence-electron chi connectivity index (χ3n) is 5.99. The molecule has 2 heterocycles. The normalized spacial score (nSPS) is 18.1. The monoisotopic (exact) mass is 457 g/mol. The highest BCUT2D eigenvalue weighted by atomic mass is 32.2. The molecule has 0 fully saturated rings. The summed E-state index contributed by atoms with van der Waals surface area (Å²) in [5.74, 6) is 0.855. The lowest BCUT2D eigenvalue weighted by Gasteiger charge is -2.11. The highest BCUT2D eigenvalue weighted by Crippen LogP contribution is 2.40. The van der Waals surface area contributed by atoms with Gasteiger partial charge in [0.1, 0.15) is 29.8 Å². The first-order chi connectivity index (χ1) is 15.1. The number of para-hydroxylation sites is 1. The molecule has 9 heteroatoms. The largest absolute Gasteiger partial charge is 0.489 e. The molecule has 0 N–H and O–H groups in total. The average Bonchev–Trinajstić information content (AvgIpc) is 3.27. The van der Waals surface area contributed by atoms with Crippen molar-refractivity contribution in [2.24, 2.45) is 0 Å². The molecule has 2 aromatic carbocycles. The van der Waals surface area contributed by atoms with Gasteiger partial charge in [0.25, 0.3) is 0 Å². The van der Waals surface area contributed by atoms with Crippen LogP contribution < -0.4 is 4.74 Å². The van der Waals surface area contributed by atoms with Crippen molar-refractivity contribution in [1.29, 1.82) is 0 Å². The van der Waals surface area contributed by atoms with Crippen LogP contribution in [0.25, 0.3) is 11.0 Å². The maximum absolute atomic E-state index is 12.8. The van der Waals surface area contributed by atoms with Crippen molar-refractivity contribution in [3.8, 4) is 5.75 Å². The van der Waals surface area contributed by atoms with E-state index in [0.29, 0.717) is 29.2 Å². The minimum absolute atomic E-state index is 0.00382. The Morgan fingerprint density at radius 3 is 2.66 bits per heavy atom. The molecule has 32 heavy (non-hydrogen) atoms. The van der Waals surface area contributed by atoms with Gasteiger partial charge in [-0.1, -0.05) is 19.1 Å². The predicted molar refractivity (Wildman–Crippen MR) is 120 cm³/mol. The van der Waals surface area contributed by atoms with Crippen LogP contribution in [0.2, 0.25) is 0 Å². The molecule has 0 aliphatic carbocycles. The van der Waals surface area contributed by atoms with Crippen LogP contribution in [0.15, 0.2) is 41.3 Å². The van der Waals surface area contributed by atoms with E-state index in [0.717, 1.165) is 15.4 Å². The molecule has 0 spiro atoms. The molecule has 8 nitrogen and oxygen atoms in total. The number of rotatable bonds is 6. The summed E-state index contributed by atoms with van der Waals surface area (Å²) in [6.45, 7) is 6.57. The van der Waals surface area contributed by atoms with Gasteiger partial charge in [0, 0.05) is 32.1 Å². The van der Waals surface area contributed by atoms with Crippen LogP contribution in [-0.2, 0) is 27.9 Å². The molecule has 0 saturated heterocycles. The predicted octanol–water partition coefficient (Wildman–Crippen LogP) is 3.55. The van der Waals surface area contributed by atoms with Crippen molar-refractivity contribution in [2.75, 3.05) is 14.1 Å². The smallest absolute Gasteiger partial charge is 0.342 e. The summed E-state index contributed by atoms with van der Waals surface area (Å²) in [5.41, 5.74) is 2.72. The fraction of sp³-hybridized carbons (Fsp3) is 0.391. The van der Waals surface area contributed by atoms with E-state index in [9.17, 15) is 13.2 Å². The zero-order chi connectivity index (χ0) is 23.2. The standard InChI is InChI=1S/C23H27N3O5S/c1-6-26-20-11-10-16(32(28,29)25(4)5)12-19(20)24-21(26)13-30-23(27)18-9-7-8-17-14(2)15(3)31-22(17)18/h7-12,14-15H,6,13H2,1-5H3/t14-,15+/m0/s1. The van der Waals surface area contributed by atoms with Crippen molar-refractivity contribution in [1.82, 2.24) is 13.9 Å². The lowest BCUT2D eigenvalue weighted by Crippen LogP contribution is -2.22. The van der Waals surface area contributed by atoms with Crippen molar-refractivity contribution in [3.05, 3.63) is 53.3 Å². The van der Waals surface area contributed by atoms with E-state index >= 15 is 0 Å². The number of benzene rings is 2. The highest BCUT2D eigenvalue weighted by molar-refractivity contribution is 7.89. The number of carbonyl (C=O) groups is 1. The first kappa shape index (κ1) is 22.3.